The van der Waals surface area contributed by atoms with E-state index in [1.165, 1.54) is 6.07 Å². The van der Waals surface area contributed by atoms with E-state index in [1.807, 2.05) is 30.3 Å². The SMILES string of the molecule is FC(F)(F)c1cc(C2CC2)nc2cc(-c3nc(-c4ccccc4)no3)nn12. The van der Waals surface area contributed by atoms with E-state index < -0.39 is 11.9 Å². The number of halogens is 3. The van der Waals surface area contributed by atoms with Crippen molar-refractivity contribution in [1.29, 1.82) is 0 Å². The van der Waals surface area contributed by atoms with Crippen molar-refractivity contribution >= 4 is 5.65 Å². The number of alkyl halides is 3. The molecule has 0 aliphatic heterocycles. The van der Waals surface area contributed by atoms with Gasteiger partial charge in [0.05, 0.1) is 0 Å². The highest BCUT2D eigenvalue weighted by atomic mass is 19.4. The largest absolute Gasteiger partial charge is 0.433 e. The topological polar surface area (TPSA) is 69.1 Å². The molecule has 3 aromatic heterocycles. The lowest BCUT2D eigenvalue weighted by molar-refractivity contribution is -0.142. The second-order valence-corrected chi connectivity index (χ2v) is 6.43. The molecule has 0 saturated heterocycles. The number of rotatable bonds is 3. The Morgan fingerprint density at radius 3 is 2.52 bits per heavy atom. The van der Waals surface area contributed by atoms with Crippen molar-refractivity contribution in [2.75, 3.05) is 0 Å². The summed E-state index contributed by atoms with van der Waals surface area (Å²) in [5, 5.41) is 7.90. The normalized spacial score (nSPS) is 14.8. The van der Waals surface area contributed by atoms with Gasteiger partial charge in [0.25, 0.3) is 5.89 Å². The summed E-state index contributed by atoms with van der Waals surface area (Å²) in [6.07, 6.45) is -2.84. The summed E-state index contributed by atoms with van der Waals surface area (Å²) in [6.45, 7) is 0. The molecule has 1 fully saturated rings. The van der Waals surface area contributed by atoms with Crippen molar-refractivity contribution in [3.8, 4) is 23.0 Å². The number of nitrogens with zero attached hydrogens (tertiary/aromatic N) is 5. The fourth-order valence-corrected chi connectivity index (χ4v) is 2.92. The van der Waals surface area contributed by atoms with Crippen LogP contribution in [0, 0.1) is 0 Å². The van der Waals surface area contributed by atoms with Crippen molar-refractivity contribution in [2.45, 2.75) is 24.9 Å². The first-order valence-electron chi connectivity index (χ1n) is 8.36. The van der Waals surface area contributed by atoms with Gasteiger partial charge in [-0.15, -0.1) is 0 Å². The van der Waals surface area contributed by atoms with Crippen LogP contribution in [0.15, 0.2) is 47.0 Å². The van der Waals surface area contributed by atoms with Gasteiger partial charge in [-0.05, 0) is 18.9 Å². The van der Waals surface area contributed by atoms with Crippen molar-refractivity contribution in [1.82, 2.24) is 24.7 Å². The van der Waals surface area contributed by atoms with Crippen LogP contribution < -0.4 is 0 Å². The molecule has 27 heavy (non-hydrogen) atoms. The molecule has 0 bridgehead atoms. The first-order valence-corrected chi connectivity index (χ1v) is 8.36. The molecule has 9 heteroatoms. The van der Waals surface area contributed by atoms with Crippen LogP contribution in [0.2, 0.25) is 0 Å². The van der Waals surface area contributed by atoms with Crippen molar-refractivity contribution < 1.29 is 17.7 Å². The van der Waals surface area contributed by atoms with Gasteiger partial charge in [-0.25, -0.2) is 9.50 Å². The maximum absolute atomic E-state index is 13.5. The molecule has 0 spiro atoms. The molecular formula is C18H12F3N5O. The Labute approximate surface area is 150 Å². The Morgan fingerprint density at radius 2 is 1.81 bits per heavy atom. The Kier molecular flexibility index (Phi) is 3.33. The quantitative estimate of drug-likeness (QED) is 0.536. The maximum Gasteiger partial charge on any atom is 0.433 e. The molecule has 0 unspecified atom stereocenters. The smallest absolute Gasteiger partial charge is 0.332 e. The van der Waals surface area contributed by atoms with E-state index in [9.17, 15) is 13.2 Å². The van der Waals surface area contributed by atoms with Crippen LogP contribution in [-0.2, 0) is 6.18 Å². The molecule has 3 heterocycles. The van der Waals surface area contributed by atoms with Crippen LogP contribution in [0.1, 0.15) is 30.1 Å². The van der Waals surface area contributed by atoms with Gasteiger partial charge in [0.2, 0.25) is 5.82 Å². The van der Waals surface area contributed by atoms with Gasteiger partial charge in [0.15, 0.2) is 11.3 Å². The number of hydrogen-bond donors (Lipinski definition) is 0. The van der Waals surface area contributed by atoms with Gasteiger partial charge in [-0.3, -0.25) is 0 Å². The minimum Gasteiger partial charge on any atom is -0.332 e. The molecule has 6 nitrogen and oxygen atoms in total. The summed E-state index contributed by atoms with van der Waals surface area (Å²) in [6, 6.07) is 11.6. The highest BCUT2D eigenvalue weighted by Crippen LogP contribution is 2.41. The van der Waals surface area contributed by atoms with Gasteiger partial charge in [0, 0.05) is 23.2 Å². The van der Waals surface area contributed by atoms with E-state index in [4.69, 9.17) is 4.52 Å². The standard InChI is InChI=1S/C18H12F3N5O/c19-18(20,21)14-8-12(10-6-7-10)22-15-9-13(24-26(14)15)17-23-16(25-27-17)11-4-2-1-3-5-11/h1-5,8-10H,6-7H2. The minimum atomic E-state index is -4.54. The third-order valence-corrected chi connectivity index (χ3v) is 4.41. The zero-order valence-corrected chi connectivity index (χ0v) is 13.8. The lowest BCUT2D eigenvalue weighted by Gasteiger charge is -2.10. The monoisotopic (exact) mass is 371 g/mol. The molecule has 136 valence electrons. The second kappa shape index (κ2) is 5.63. The Hall–Kier alpha value is -3.23. The molecule has 5 rings (SSSR count). The zero-order chi connectivity index (χ0) is 18.6. The third-order valence-electron chi connectivity index (χ3n) is 4.41. The number of fused-ring (bicyclic) bond motifs is 1. The summed E-state index contributed by atoms with van der Waals surface area (Å²) in [7, 11) is 0. The molecule has 1 aliphatic rings. The predicted molar refractivity (Wildman–Crippen MR) is 88.7 cm³/mol. The van der Waals surface area contributed by atoms with Gasteiger partial charge in [0.1, 0.15) is 5.69 Å². The van der Waals surface area contributed by atoms with Gasteiger partial charge >= 0.3 is 6.18 Å². The third kappa shape index (κ3) is 2.84. The molecule has 0 N–H and O–H groups in total. The van der Waals surface area contributed by atoms with Crippen molar-refractivity contribution in [3.05, 3.63) is 53.9 Å². The van der Waals surface area contributed by atoms with Gasteiger partial charge in [-0.1, -0.05) is 35.5 Å². The fourth-order valence-electron chi connectivity index (χ4n) is 2.92. The van der Waals surface area contributed by atoms with E-state index in [0.717, 1.165) is 29.0 Å². The summed E-state index contributed by atoms with van der Waals surface area (Å²) in [5.41, 5.74) is 0.582. The highest BCUT2D eigenvalue weighted by molar-refractivity contribution is 5.61. The Morgan fingerprint density at radius 1 is 1.04 bits per heavy atom. The van der Waals surface area contributed by atoms with E-state index in [1.54, 1.807) is 0 Å². The van der Waals surface area contributed by atoms with Crippen LogP contribution in [-0.4, -0.2) is 24.7 Å². The summed E-state index contributed by atoms with van der Waals surface area (Å²) in [5.74, 6) is 0.466. The maximum atomic E-state index is 13.5. The molecule has 0 atom stereocenters. The van der Waals surface area contributed by atoms with E-state index >= 15 is 0 Å². The van der Waals surface area contributed by atoms with Crippen LogP contribution in [0.3, 0.4) is 0 Å². The molecule has 1 aliphatic carbocycles. The molecule has 1 saturated carbocycles. The van der Waals surface area contributed by atoms with Crippen LogP contribution >= 0.6 is 0 Å². The number of aromatic nitrogens is 5. The fraction of sp³-hybridized carbons (Fsp3) is 0.222. The molecule has 4 aromatic rings. The van der Waals surface area contributed by atoms with Crippen LogP contribution in [0.4, 0.5) is 13.2 Å². The summed E-state index contributed by atoms with van der Waals surface area (Å²) >= 11 is 0. The Bertz CT molecular complexity index is 1130. The first kappa shape index (κ1) is 16.0. The summed E-state index contributed by atoms with van der Waals surface area (Å²) < 4.78 is 46.4. The van der Waals surface area contributed by atoms with Crippen LogP contribution in [0.25, 0.3) is 28.6 Å². The number of hydrogen-bond acceptors (Lipinski definition) is 5. The molecule has 1 aromatic carbocycles. The van der Waals surface area contributed by atoms with Crippen molar-refractivity contribution in [3.63, 3.8) is 0 Å². The van der Waals surface area contributed by atoms with E-state index in [2.05, 4.69) is 20.2 Å². The van der Waals surface area contributed by atoms with Gasteiger partial charge in [-0.2, -0.15) is 23.3 Å². The van der Waals surface area contributed by atoms with E-state index in [-0.39, 0.29) is 23.1 Å². The van der Waals surface area contributed by atoms with Crippen LogP contribution in [0.5, 0.6) is 0 Å². The molecular weight excluding hydrogens is 359 g/mol. The first-order chi connectivity index (χ1) is 13.0. The molecule has 0 amide bonds. The average molecular weight is 371 g/mol. The number of benzene rings is 1. The minimum absolute atomic E-state index is 0.0421. The zero-order valence-electron chi connectivity index (χ0n) is 13.8. The van der Waals surface area contributed by atoms with E-state index in [0.29, 0.717) is 11.5 Å². The summed E-state index contributed by atoms with van der Waals surface area (Å²) in [4.78, 5) is 8.58. The predicted octanol–water partition coefficient (Wildman–Crippen LogP) is 4.34. The highest BCUT2D eigenvalue weighted by Gasteiger charge is 2.37. The second-order valence-electron chi connectivity index (χ2n) is 6.43. The van der Waals surface area contributed by atoms with Crippen molar-refractivity contribution in [2.24, 2.45) is 0 Å². The lowest BCUT2D eigenvalue weighted by Crippen LogP contribution is -2.14. The molecule has 0 radical (unpaired) electrons. The Balaban J connectivity index is 1.62. The average Bonchev–Trinajstić information content (AvgIpc) is 3.23. The van der Waals surface area contributed by atoms with Gasteiger partial charge < -0.3 is 4.52 Å². The lowest BCUT2D eigenvalue weighted by atomic mass is 10.2.